The highest BCUT2D eigenvalue weighted by atomic mass is 32.1. The fourth-order valence-corrected chi connectivity index (χ4v) is 4.81. The van der Waals surface area contributed by atoms with E-state index in [0.29, 0.717) is 25.7 Å². The number of nitrogens with zero attached hydrogens (tertiary/aromatic N) is 5. The molecular weight excluding hydrogens is 338 g/mol. The maximum absolute atomic E-state index is 12.4. The van der Waals surface area contributed by atoms with Crippen LogP contribution in [0.5, 0.6) is 0 Å². The highest BCUT2D eigenvalue weighted by Crippen LogP contribution is 2.43. The van der Waals surface area contributed by atoms with Crippen molar-refractivity contribution in [2.75, 3.05) is 18.1 Å². The van der Waals surface area contributed by atoms with Crippen molar-refractivity contribution in [2.45, 2.75) is 57.2 Å². The van der Waals surface area contributed by atoms with Gasteiger partial charge >= 0.3 is 0 Å². The number of rotatable bonds is 4. The Bertz CT molecular complexity index is 844. The second-order valence-electron chi connectivity index (χ2n) is 7.13. The van der Waals surface area contributed by atoms with Crippen LogP contribution in [0.15, 0.2) is 10.9 Å². The predicted molar refractivity (Wildman–Crippen MR) is 94.1 cm³/mol. The molecule has 2 aromatic rings. The molecule has 0 N–H and O–H groups in total. The Labute approximate surface area is 149 Å². The lowest BCUT2D eigenvalue weighted by molar-refractivity contribution is 0.108. The maximum Gasteiger partial charge on any atom is 0.267 e. The topological polar surface area (TPSA) is 73.1 Å². The zero-order chi connectivity index (χ0) is 16.8. The lowest BCUT2D eigenvalue weighted by atomic mass is 10.1. The number of anilines is 1. The van der Waals surface area contributed by atoms with Crippen molar-refractivity contribution in [2.24, 2.45) is 0 Å². The number of ether oxygens (including phenoxy) is 1. The Morgan fingerprint density at radius 3 is 3.08 bits per heavy atom. The van der Waals surface area contributed by atoms with Gasteiger partial charge in [-0.25, -0.2) is 4.68 Å². The fraction of sp³-hybridized carbons (Fsp3) is 0.647. The summed E-state index contributed by atoms with van der Waals surface area (Å²) < 4.78 is 7.05. The quantitative estimate of drug-likeness (QED) is 0.827. The minimum atomic E-state index is -0.0352. The van der Waals surface area contributed by atoms with Crippen LogP contribution in [0.25, 0.3) is 0 Å². The monoisotopic (exact) mass is 359 g/mol. The Morgan fingerprint density at radius 1 is 1.28 bits per heavy atom. The minimum absolute atomic E-state index is 0.0352. The van der Waals surface area contributed by atoms with Crippen LogP contribution in [-0.2, 0) is 24.3 Å². The Morgan fingerprint density at radius 2 is 2.20 bits per heavy atom. The molecule has 0 radical (unpaired) electrons. The largest absolute Gasteiger partial charge is 0.376 e. The summed E-state index contributed by atoms with van der Waals surface area (Å²) >= 11 is 1.72. The normalized spacial score (nSPS) is 23.0. The molecule has 1 atom stereocenters. The van der Waals surface area contributed by atoms with Crippen molar-refractivity contribution in [3.8, 4) is 0 Å². The number of hydrogen-bond acceptors (Lipinski definition) is 7. The molecule has 4 heterocycles. The molecule has 1 saturated carbocycles. The van der Waals surface area contributed by atoms with E-state index >= 15 is 0 Å². The second-order valence-corrected chi connectivity index (χ2v) is 8.11. The van der Waals surface area contributed by atoms with Gasteiger partial charge in [0.15, 0.2) is 0 Å². The van der Waals surface area contributed by atoms with E-state index < -0.39 is 0 Å². The van der Waals surface area contributed by atoms with Gasteiger partial charge in [-0.1, -0.05) is 11.3 Å². The van der Waals surface area contributed by atoms with Crippen LogP contribution in [0.1, 0.15) is 47.9 Å². The van der Waals surface area contributed by atoms with Gasteiger partial charge in [0.2, 0.25) is 5.13 Å². The van der Waals surface area contributed by atoms with Gasteiger partial charge in [-0.15, -0.1) is 10.2 Å². The first-order chi connectivity index (χ1) is 12.3. The average Bonchev–Trinajstić information content (AvgIpc) is 3.17. The van der Waals surface area contributed by atoms with E-state index in [1.165, 1.54) is 17.8 Å². The summed E-state index contributed by atoms with van der Waals surface area (Å²) in [5.41, 5.74) is 1.91. The van der Waals surface area contributed by atoms with Crippen molar-refractivity contribution in [3.05, 3.63) is 32.7 Å². The number of fused-ring (bicyclic) bond motifs is 1. The zero-order valence-corrected chi connectivity index (χ0v) is 14.9. The Balaban J connectivity index is 1.38. The van der Waals surface area contributed by atoms with Gasteiger partial charge in [0, 0.05) is 30.5 Å². The fourth-order valence-electron chi connectivity index (χ4n) is 3.70. The van der Waals surface area contributed by atoms with Gasteiger partial charge in [0.05, 0.1) is 31.5 Å². The average molecular weight is 359 g/mol. The highest BCUT2D eigenvalue weighted by molar-refractivity contribution is 7.15. The molecule has 1 aliphatic carbocycles. The van der Waals surface area contributed by atoms with Crippen LogP contribution < -0.4 is 10.5 Å². The summed E-state index contributed by atoms with van der Waals surface area (Å²) in [4.78, 5) is 14.7. The third-order valence-electron chi connectivity index (χ3n) is 5.27. The van der Waals surface area contributed by atoms with E-state index in [-0.39, 0.29) is 11.6 Å². The lowest BCUT2D eigenvalue weighted by Gasteiger charge is -2.24. The molecule has 3 aliphatic rings. The van der Waals surface area contributed by atoms with Crippen molar-refractivity contribution >= 4 is 16.5 Å². The first-order valence-corrected chi connectivity index (χ1v) is 9.87. The lowest BCUT2D eigenvalue weighted by Crippen LogP contribution is -2.38. The molecule has 8 heteroatoms. The highest BCUT2D eigenvalue weighted by Gasteiger charge is 2.32. The van der Waals surface area contributed by atoms with E-state index in [1.807, 2.05) is 0 Å². The molecule has 132 valence electrons. The van der Waals surface area contributed by atoms with Gasteiger partial charge in [-0.2, -0.15) is 5.10 Å². The van der Waals surface area contributed by atoms with E-state index in [9.17, 15) is 4.79 Å². The summed E-state index contributed by atoms with van der Waals surface area (Å²) in [5.74, 6) is 0.638. The first kappa shape index (κ1) is 15.5. The smallest absolute Gasteiger partial charge is 0.267 e. The molecule has 2 aromatic heterocycles. The summed E-state index contributed by atoms with van der Waals surface area (Å²) in [6.07, 6.45) is 5.46. The summed E-state index contributed by atoms with van der Waals surface area (Å²) in [7, 11) is 0. The second kappa shape index (κ2) is 6.17. The molecule has 25 heavy (non-hydrogen) atoms. The van der Waals surface area contributed by atoms with Crippen molar-refractivity contribution in [3.63, 3.8) is 0 Å². The van der Waals surface area contributed by atoms with Crippen LogP contribution >= 0.6 is 11.3 Å². The van der Waals surface area contributed by atoms with Crippen LogP contribution in [0.2, 0.25) is 0 Å². The molecule has 5 rings (SSSR count). The minimum Gasteiger partial charge on any atom is -0.376 e. The maximum atomic E-state index is 12.4. The molecule has 1 saturated heterocycles. The summed E-state index contributed by atoms with van der Waals surface area (Å²) in [5, 5.41) is 15.6. The standard InChI is InChI=1S/C17H21N5O2S/c23-15-8-12-10-24-7-5-14(12)20-22(15)9-13-2-1-6-21(13)17-19-18-16(25-17)11-3-4-11/h8,11,13H,1-7,9-10H2. The third-order valence-corrected chi connectivity index (χ3v) is 6.39. The van der Waals surface area contributed by atoms with Gasteiger partial charge < -0.3 is 9.64 Å². The van der Waals surface area contributed by atoms with Crippen LogP contribution in [-0.4, -0.2) is 39.2 Å². The van der Waals surface area contributed by atoms with Gasteiger partial charge in [-0.3, -0.25) is 4.79 Å². The molecular formula is C17H21N5O2S. The molecule has 0 spiro atoms. The van der Waals surface area contributed by atoms with E-state index in [2.05, 4.69) is 20.2 Å². The zero-order valence-electron chi connectivity index (χ0n) is 14.1. The predicted octanol–water partition coefficient (Wildman–Crippen LogP) is 1.71. The molecule has 7 nitrogen and oxygen atoms in total. The summed E-state index contributed by atoms with van der Waals surface area (Å²) in [6, 6.07) is 1.96. The molecule has 0 aromatic carbocycles. The van der Waals surface area contributed by atoms with Crippen LogP contribution in [0.4, 0.5) is 5.13 Å². The third kappa shape index (κ3) is 2.97. The van der Waals surface area contributed by atoms with Gasteiger partial charge in [-0.05, 0) is 25.7 Å². The Hall–Kier alpha value is -1.80. The number of hydrogen-bond donors (Lipinski definition) is 0. The SMILES string of the molecule is O=c1cc2c(nn1CC1CCCN1c1nnc(C3CC3)s1)CCOC2. The van der Waals surface area contributed by atoms with Crippen molar-refractivity contribution in [1.82, 2.24) is 20.0 Å². The van der Waals surface area contributed by atoms with Crippen LogP contribution in [0, 0.1) is 0 Å². The van der Waals surface area contributed by atoms with E-state index in [0.717, 1.165) is 42.2 Å². The van der Waals surface area contributed by atoms with Gasteiger partial charge in [0.25, 0.3) is 5.56 Å². The summed E-state index contributed by atoms with van der Waals surface area (Å²) in [6.45, 7) is 2.79. The number of aromatic nitrogens is 4. The van der Waals surface area contributed by atoms with Crippen molar-refractivity contribution < 1.29 is 4.74 Å². The van der Waals surface area contributed by atoms with E-state index in [4.69, 9.17) is 4.74 Å². The first-order valence-electron chi connectivity index (χ1n) is 9.05. The molecule has 0 bridgehead atoms. The van der Waals surface area contributed by atoms with Crippen molar-refractivity contribution in [1.29, 1.82) is 0 Å². The molecule has 1 unspecified atom stereocenters. The van der Waals surface area contributed by atoms with Gasteiger partial charge in [0.1, 0.15) is 5.01 Å². The Kier molecular flexibility index (Phi) is 3.82. The van der Waals surface area contributed by atoms with E-state index in [1.54, 1.807) is 22.1 Å². The molecule has 0 amide bonds. The molecule has 2 aliphatic heterocycles. The van der Waals surface area contributed by atoms with Crippen LogP contribution in [0.3, 0.4) is 0 Å². The molecule has 2 fully saturated rings.